The van der Waals surface area contributed by atoms with E-state index < -0.39 is 0 Å². The molecular weight excluding hydrogens is 268 g/mol. The maximum Gasteiger partial charge on any atom is 0.269 e. The molecule has 0 amide bonds. The summed E-state index contributed by atoms with van der Waals surface area (Å²) < 4.78 is 0. The number of aliphatic imine (C=N–C) groups is 1. The topological polar surface area (TPSA) is 70.8 Å². The molecule has 0 bridgehead atoms. The van der Waals surface area contributed by atoms with Crippen LogP contribution in [0.2, 0.25) is 0 Å². The molecule has 0 heterocycles. The van der Waals surface area contributed by atoms with Gasteiger partial charge in [-0.15, -0.1) is 6.58 Å². The molecule has 0 saturated carbocycles. The van der Waals surface area contributed by atoms with Crippen LogP contribution in [0, 0.1) is 10.1 Å². The van der Waals surface area contributed by atoms with Crippen LogP contribution in [0.5, 0.6) is 0 Å². The fraction of sp³-hybridized carbons (Fsp3) is 0.400. The number of nitro groups is 1. The standard InChI is InChI=1S/C15H22N4O2/c1-4-5-6-10-18(3)15(16-2)17-12-13-8-7-9-14(11-13)19(20)21/h4,7-9,11H,1,5-6,10,12H2,2-3H3,(H,16,17). The molecule has 0 aliphatic heterocycles. The van der Waals surface area contributed by atoms with Gasteiger partial charge in [-0.25, -0.2) is 0 Å². The minimum absolute atomic E-state index is 0.101. The Bertz CT molecular complexity index is 514. The second kappa shape index (κ2) is 8.73. The zero-order chi connectivity index (χ0) is 15.7. The van der Waals surface area contributed by atoms with Crippen molar-refractivity contribution < 1.29 is 4.92 Å². The molecule has 1 rings (SSSR count). The maximum atomic E-state index is 10.7. The van der Waals surface area contributed by atoms with E-state index in [1.807, 2.05) is 24.1 Å². The molecule has 1 aromatic carbocycles. The van der Waals surface area contributed by atoms with Crippen molar-refractivity contribution in [2.45, 2.75) is 19.4 Å². The molecule has 21 heavy (non-hydrogen) atoms. The van der Waals surface area contributed by atoms with Crippen LogP contribution >= 0.6 is 0 Å². The molecule has 114 valence electrons. The first-order chi connectivity index (χ1) is 10.1. The van der Waals surface area contributed by atoms with Gasteiger partial charge in [0.05, 0.1) is 4.92 Å². The molecule has 0 atom stereocenters. The van der Waals surface area contributed by atoms with Gasteiger partial charge in [0.2, 0.25) is 0 Å². The summed E-state index contributed by atoms with van der Waals surface area (Å²) in [6.45, 7) is 5.08. The highest BCUT2D eigenvalue weighted by atomic mass is 16.6. The van der Waals surface area contributed by atoms with Crippen molar-refractivity contribution in [3.63, 3.8) is 0 Å². The van der Waals surface area contributed by atoms with E-state index >= 15 is 0 Å². The van der Waals surface area contributed by atoms with Crippen LogP contribution in [-0.2, 0) is 6.54 Å². The minimum Gasteiger partial charge on any atom is -0.352 e. The quantitative estimate of drug-likeness (QED) is 0.209. The molecule has 0 radical (unpaired) electrons. The van der Waals surface area contributed by atoms with Gasteiger partial charge in [0, 0.05) is 39.3 Å². The van der Waals surface area contributed by atoms with Crippen molar-refractivity contribution >= 4 is 11.6 Å². The number of benzene rings is 1. The second-order valence-corrected chi connectivity index (χ2v) is 4.68. The number of nitrogens with zero attached hydrogens (tertiary/aromatic N) is 3. The van der Waals surface area contributed by atoms with Gasteiger partial charge in [0.25, 0.3) is 5.69 Å². The van der Waals surface area contributed by atoms with Crippen LogP contribution in [0.4, 0.5) is 5.69 Å². The van der Waals surface area contributed by atoms with Gasteiger partial charge in [-0.2, -0.15) is 0 Å². The summed E-state index contributed by atoms with van der Waals surface area (Å²) in [4.78, 5) is 16.6. The van der Waals surface area contributed by atoms with Gasteiger partial charge in [-0.3, -0.25) is 15.1 Å². The molecule has 0 fully saturated rings. The van der Waals surface area contributed by atoms with Gasteiger partial charge < -0.3 is 10.2 Å². The number of non-ortho nitro benzene ring substituents is 1. The summed E-state index contributed by atoms with van der Waals surface area (Å²) in [7, 11) is 3.69. The molecule has 6 heteroatoms. The van der Waals surface area contributed by atoms with E-state index in [9.17, 15) is 10.1 Å². The van der Waals surface area contributed by atoms with Crippen LogP contribution in [-0.4, -0.2) is 36.4 Å². The van der Waals surface area contributed by atoms with Crippen LogP contribution in [0.3, 0.4) is 0 Å². The van der Waals surface area contributed by atoms with Crippen molar-refractivity contribution in [1.29, 1.82) is 0 Å². The third-order valence-corrected chi connectivity index (χ3v) is 3.05. The van der Waals surface area contributed by atoms with E-state index in [0.29, 0.717) is 6.54 Å². The third-order valence-electron chi connectivity index (χ3n) is 3.05. The number of nitrogens with one attached hydrogen (secondary N) is 1. The Labute approximate surface area is 125 Å². The van der Waals surface area contributed by atoms with E-state index in [0.717, 1.165) is 30.9 Å². The average molecular weight is 290 g/mol. The monoisotopic (exact) mass is 290 g/mol. The maximum absolute atomic E-state index is 10.7. The number of nitro benzene ring substituents is 1. The molecule has 0 aromatic heterocycles. The summed E-state index contributed by atoms with van der Waals surface area (Å²) in [5, 5.41) is 14.0. The van der Waals surface area contributed by atoms with Gasteiger partial charge >= 0.3 is 0 Å². The Balaban J connectivity index is 2.57. The van der Waals surface area contributed by atoms with E-state index in [2.05, 4.69) is 16.9 Å². The van der Waals surface area contributed by atoms with Crippen molar-refractivity contribution in [1.82, 2.24) is 10.2 Å². The van der Waals surface area contributed by atoms with Crippen molar-refractivity contribution in [2.24, 2.45) is 4.99 Å². The molecule has 0 aliphatic carbocycles. The highest BCUT2D eigenvalue weighted by molar-refractivity contribution is 5.79. The SMILES string of the molecule is C=CCCCN(C)C(=NC)NCc1cccc([N+](=O)[O-])c1. The Morgan fingerprint density at radius 2 is 2.33 bits per heavy atom. The summed E-state index contributed by atoms with van der Waals surface area (Å²) in [5.41, 5.74) is 0.952. The summed E-state index contributed by atoms with van der Waals surface area (Å²) >= 11 is 0. The van der Waals surface area contributed by atoms with E-state index in [-0.39, 0.29) is 10.6 Å². The lowest BCUT2D eigenvalue weighted by Gasteiger charge is -2.21. The first-order valence-corrected chi connectivity index (χ1v) is 6.84. The smallest absolute Gasteiger partial charge is 0.269 e. The van der Waals surface area contributed by atoms with E-state index in [1.165, 1.54) is 6.07 Å². The Hall–Kier alpha value is -2.37. The molecule has 1 N–H and O–H groups in total. The number of allylic oxidation sites excluding steroid dienone is 1. The number of hydrogen-bond donors (Lipinski definition) is 1. The fourth-order valence-corrected chi connectivity index (χ4v) is 1.92. The normalized spacial score (nSPS) is 11.0. The van der Waals surface area contributed by atoms with E-state index in [1.54, 1.807) is 19.2 Å². The molecule has 0 saturated heterocycles. The zero-order valence-electron chi connectivity index (χ0n) is 12.6. The number of guanidine groups is 1. The number of hydrogen-bond acceptors (Lipinski definition) is 3. The van der Waals surface area contributed by atoms with Crippen molar-refractivity contribution in [2.75, 3.05) is 20.6 Å². The summed E-state index contributed by atoms with van der Waals surface area (Å²) in [6, 6.07) is 6.59. The predicted octanol–water partition coefficient (Wildman–Crippen LogP) is 2.57. The molecule has 1 aromatic rings. The van der Waals surface area contributed by atoms with Gasteiger partial charge in [0.1, 0.15) is 0 Å². The lowest BCUT2D eigenvalue weighted by atomic mass is 10.2. The summed E-state index contributed by atoms with van der Waals surface area (Å²) in [5.74, 6) is 0.769. The van der Waals surface area contributed by atoms with Crippen LogP contribution in [0.15, 0.2) is 41.9 Å². The zero-order valence-corrected chi connectivity index (χ0v) is 12.6. The van der Waals surface area contributed by atoms with Crippen LogP contribution in [0.1, 0.15) is 18.4 Å². The number of rotatable bonds is 7. The average Bonchev–Trinajstić information content (AvgIpc) is 2.48. The first-order valence-electron chi connectivity index (χ1n) is 6.84. The predicted molar refractivity (Wildman–Crippen MR) is 85.4 cm³/mol. The van der Waals surface area contributed by atoms with Gasteiger partial charge in [0.15, 0.2) is 5.96 Å². The lowest BCUT2D eigenvalue weighted by Crippen LogP contribution is -2.38. The Kier molecular flexibility index (Phi) is 6.94. The summed E-state index contributed by atoms with van der Waals surface area (Å²) in [6.07, 6.45) is 3.87. The molecular formula is C15H22N4O2. The third kappa shape index (κ3) is 5.64. The van der Waals surface area contributed by atoms with Gasteiger partial charge in [-0.05, 0) is 18.4 Å². The lowest BCUT2D eigenvalue weighted by molar-refractivity contribution is -0.384. The molecule has 6 nitrogen and oxygen atoms in total. The van der Waals surface area contributed by atoms with Crippen molar-refractivity contribution in [3.8, 4) is 0 Å². The van der Waals surface area contributed by atoms with E-state index in [4.69, 9.17) is 0 Å². The van der Waals surface area contributed by atoms with Crippen molar-refractivity contribution in [3.05, 3.63) is 52.6 Å². The fourth-order valence-electron chi connectivity index (χ4n) is 1.92. The highest BCUT2D eigenvalue weighted by Crippen LogP contribution is 2.12. The number of unbranched alkanes of at least 4 members (excludes halogenated alkanes) is 1. The van der Waals surface area contributed by atoms with Crippen LogP contribution < -0.4 is 5.32 Å². The highest BCUT2D eigenvalue weighted by Gasteiger charge is 2.08. The van der Waals surface area contributed by atoms with Crippen LogP contribution in [0.25, 0.3) is 0 Å². The first kappa shape index (κ1) is 16.7. The Morgan fingerprint density at radius 1 is 1.57 bits per heavy atom. The Morgan fingerprint density at radius 3 is 2.95 bits per heavy atom. The molecule has 0 aliphatic rings. The van der Waals surface area contributed by atoms with Gasteiger partial charge in [-0.1, -0.05) is 18.2 Å². The molecule has 0 unspecified atom stereocenters. The largest absolute Gasteiger partial charge is 0.352 e. The minimum atomic E-state index is -0.389. The second-order valence-electron chi connectivity index (χ2n) is 4.68. The molecule has 0 spiro atoms.